The minimum Gasteiger partial charge on any atom is -0.507 e. The molecule has 2 aromatic carbocycles. The molecule has 104 valence electrons. The van der Waals surface area contributed by atoms with E-state index >= 15 is 0 Å². The third-order valence-corrected chi connectivity index (χ3v) is 4.05. The summed E-state index contributed by atoms with van der Waals surface area (Å²) < 4.78 is 26.0. The summed E-state index contributed by atoms with van der Waals surface area (Å²) in [4.78, 5) is 11.9. The number of para-hydroxylation sites is 1. The van der Waals surface area contributed by atoms with Crippen LogP contribution in [0.2, 0.25) is 0 Å². The van der Waals surface area contributed by atoms with Gasteiger partial charge in [-0.3, -0.25) is 4.79 Å². The molecule has 0 radical (unpaired) electrons. The van der Waals surface area contributed by atoms with Gasteiger partial charge in [-0.05, 0) is 31.2 Å². The van der Waals surface area contributed by atoms with Crippen LogP contribution in [0.5, 0.6) is 5.75 Å². The Balaban J connectivity index is 2.27. The maximum absolute atomic E-state index is 12.0. The van der Waals surface area contributed by atoms with Crippen molar-refractivity contribution in [1.82, 2.24) is 4.72 Å². The summed E-state index contributed by atoms with van der Waals surface area (Å²) in [7, 11) is -3.95. The number of phenols is 1. The van der Waals surface area contributed by atoms with E-state index in [0.717, 1.165) is 5.56 Å². The molecule has 0 aliphatic heterocycles. The first-order valence-corrected chi connectivity index (χ1v) is 7.30. The molecule has 0 heterocycles. The number of sulfonamides is 1. The number of benzene rings is 2. The number of aromatic hydroxyl groups is 1. The van der Waals surface area contributed by atoms with Gasteiger partial charge in [-0.1, -0.05) is 29.8 Å². The van der Waals surface area contributed by atoms with Gasteiger partial charge in [-0.2, -0.15) is 0 Å². The Morgan fingerprint density at radius 2 is 1.65 bits per heavy atom. The van der Waals surface area contributed by atoms with Gasteiger partial charge in [0, 0.05) is 0 Å². The van der Waals surface area contributed by atoms with Crippen molar-refractivity contribution in [2.45, 2.75) is 11.8 Å². The van der Waals surface area contributed by atoms with Crippen LogP contribution in [-0.4, -0.2) is 19.4 Å². The van der Waals surface area contributed by atoms with Gasteiger partial charge in [0.2, 0.25) is 0 Å². The van der Waals surface area contributed by atoms with Crippen LogP contribution in [0.1, 0.15) is 15.9 Å². The van der Waals surface area contributed by atoms with E-state index in [1.54, 1.807) is 18.2 Å². The maximum atomic E-state index is 12.0. The number of phenolic OH excluding ortho intramolecular Hbond substituents is 1. The predicted octanol–water partition coefficient (Wildman–Crippen LogP) is 1.82. The topological polar surface area (TPSA) is 83.5 Å². The number of hydrogen-bond donors (Lipinski definition) is 2. The molecule has 0 aliphatic rings. The van der Waals surface area contributed by atoms with Gasteiger partial charge < -0.3 is 5.11 Å². The zero-order valence-corrected chi connectivity index (χ0v) is 11.5. The third kappa shape index (κ3) is 2.97. The van der Waals surface area contributed by atoms with E-state index in [9.17, 15) is 18.3 Å². The Labute approximate surface area is 116 Å². The molecule has 0 spiro atoms. The second-order valence-electron chi connectivity index (χ2n) is 4.26. The molecular weight excluding hydrogens is 278 g/mol. The van der Waals surface area contributed by atoms with Crippen molar-refractivity contribution in [3.8, 4) is 5.75 Å². The van der Waals surface area contributed by atoms with E-state index in [4.69, 9.17) is 0 Å². The number of rotatable bonds is 3. The van der Waals surface area contributed by atoms with Crippen molar-refractivity contribution in [2.24, 2.45) is 0 Å². The quantitative estimate of drug-likeness (QED) is 0.903. The SMILES string of the molecule is Cc1ccc(S(=O)(=O)NC(=O)c2ccccc2O)cc1. The highest BCUT2D eigenvalue weighted by Crippen LogP contribution is 2.17. The fourth-order valence-corrected chi connectivity index (χ4v) is 2.59. The summed E-state index contributed by atoms with van der Waals surface area (Å²) in [5, 5.41) is 9.53. The minimum atomic E-state index is -3.95. The lowest BCUT2D eigenvalue weighted by Crippen LogP contribution is -2.30. The van der Waals surface area contributed by atoms with Gasteiger partial charge in [0.25, 0.3) is 15.9 Å². The molecule has 0 fully saturated rings. The van der Waals surface area contributed by atoms with Gasteiger partial charge in [0.05, 0.1) is 10.5 Å². The van der Waals surface area contributed by atoms with Crippen molar-refractivity contribution in [3.63, 3.8) is 0 Å². The molecule has 0 aliphatic carbocycles. The first-order chi connectivity index (χ1) is 9.40. The molecule has 0 atom stereocenters. The molecule has 0 bridgehead atoms. The van der Waals surface area contributed by atoms with Crippen molar-refractivity contribution in [1.29, 1.82) is 0 Å². The van der Waals surface area contributed by atoms with Gasteiger partial charge in [-0.15, -0.1) is 0 Å². The van der Waals surface area contributed by atoms with E-state index in [-0.39, 0.29) is 16.2 Å². The number of hydrogen-bond acceptors (Lipinski definition) is 4. The van der Waals surface area contributed by atoms with Crippen LogP contribution in [0.3, 0.4) is 0 Å². The third-order valence-electron chi connectivity index (χ3n) is 2.71. The molecule has 0 unspecified atom stereocenters. The van der Waals surface area contributed by atoms with Gasteiger partial charge in [0.15, 0.2) is 0 Å². The highest BCUT2D eigenvalue weighted by molar-refractivity contribution is 7.90. The zero-order chi connectivity index (χ0) is 14.8. The van der Waals surface area contributed by atoms with Gasteiger partial charge >= 0.3 is 0 Å². The normalized spacial score (nSPS) is 11.1. The Morgan fingerprint density at radius 3 is 2.25 bits per heavy atom. The van der Waals surface area contributed by atoms with E-state index in [1.807, 2.05) is 11.6 Å². The Kier molecular flexibility index (Phi) is 3.76. The maximum Gasteiger partial charge on any atom is 0.268 e. The van der Waals surface area contributed by atoms with Crippen LogP contribution in [0.15, 0.2) is 53.4 Å². The summed E-state index contributed by atoms with van der Waals surface area (Å²) >= 11 is 0. The van der Waals surface area contributed by atoms with E-state index in [2.05, 4.69) is 0 Å². The van der Waals surface area contributed by atoms with Gasteiger partial charge in [0.1, 0.15) is 5.75 Å². The number of aryl methyl sites for hydroxylation is 1. The van der Waals surface area contributed by atoms with Crippen LogP contribution in [0, 0.1) is 6.92 Å². The summed E-state index contributed by atoms with van der Waals surface area (Å²) in [5.74, 6) is -1.15. The van der Waals surface area contributed by atoms with E-state index in [0.29, 0.717) is 0 Å². The average molecular weight is 291 g/mol. The van der Waals surface area contributed by atoms with Crippen molar-refractivity contribution >= 4 is 15.9 Å². The highest BCUT2D eigenvalue weighted by Gasteiger charge is 2.20. The Morgan fingerprint density at radius 1 is 1.05 bits per heavy atom. The molecule has 2 N–H and O–H groups in total. The molecular formula is C14H13NO4S. The van der Waals surface area contributed by atoms with Crippen LogP contribution in [0.4, 0.5) is 0 Å². The Bertz CT molecular complexity index is 736. The summed E-state index contributed by atoms with van der Waals surface area (Å²) in [6.07, 6.45) is 0. The van der Waals surface area contributed by atoms with Crippen molar-refractivity contribution in [3.05, 3.63) is 59.7 Å². The van der Waals surface area contributed by atoms with E-state index in [1.165, 1.54) is 30.3 Å². The Hall–Kier alpha value is -2.34. The first-order valence-electron chi connectivity index (χ1n) is 5.82. The predicted molar refractivity (Wildman–Crippen MR) is 73.9 cm³/mol. The summed E-state index contributed by atoms with van der Waals surface area (Å²) in [5.41, 5.74) is 0.819. The second-order valence-corrected chi connectivity index (χ2v) is 5.95. The lowest BCUT2D eigenvalue weighted by atomic mass is 10.2. The van der Waals surface area contributed by atoms with E-state index < -0.39 is 15.9 Å². The summed E-state index contributed by atoms with van der Waals surface area (Å²) in [6.45, 7) is 1.83. The molecule has 0 aromatic heterocycles. The van der Waals surface area contributed by atoms with Crippen molar-refractivity contribution < 1.29 is 18.3 Å². The van der Waals surface area contributed by atoms with Crippen molar-refractivity contribution in [2.75, 3.05) is 0 Å². The largest absolute Gasteiger partial charge is 0.507 e. The molecule has 20 heavy (non-hydrogen) atoms. The lowest BCUT2D eigenvalue weighted by Gasteiger charge is -2.08. The first kappa shape index (κ1) is 14.1. The fraction of sp³-hybridized carbons (Fsp3) is 0.0714. The number of nitrogens with one attached hydrogen (secondary N) is 1. The molecule has 5 nitrogen and oxygen atoms in total. The van der Waals surface area contributed by atoms with Crippen LogP contribution in [-0.2, 0) is 10.0 Å². The van der Waals surface area contributed by atoms with Crippen LogP contribution < -0.4 is 4.72 Å². The monoisotopic (exact) mass is 291 g/mol. The molecule has 2 aromatic rings. The van der Waals surface area contributed by atoms with Crippen LogP contribution >= 0.6 is 0 Å². The van der Waals surface area contributed by atoms with Crippen LogP contribution in [0.25, 0.3) is 0 Å². The molecule has 0 saturated carbocycles. The number of carbonyl (C=O) groups excluding carboxylic acids is 1. The standard InChI is InChI=1S/C14H13NO4S/c1-10-6-8-11(9-7-10)20(18,19)15-14(17)12-4-2-3-5-13(12)16/h2-9,16H,1H3,(H,15,17). The zero-order valence-electron chi connectivity index (χ0n) is 10.7. The highest BCUT2D eigenvalue weighted by atomic mass is 32.2. The fourth-order valence-electron chi connectivity index (χ4n) is 1.62. The lowest BCUT2D eigenvalue weighted by molar-refractivity contribution is 0.0979. The minimum absolute atomic E-state index is 0.00753. The summed E-state index contributed by atoms with van der Waals surface area (Å²) in [6, 6.07) is 11.8. The average Bonchev–Trinajstić information content (AvgIpc) is 2.39. The number of carbonyl (C=O) groups is 1. The van der Waals surface area contributed by atoms with Gasteiger partial charge in [-0.25, -0.2) is 13.1 Å². The second kappa shape index (κ2) is 5.34. The molecule has 1 amide bonds. The smallest absolute Gasteiger partial charge is 0.268 e. The molecule has 0 saturated heterocycles. The molecule has 6 heteroatoms. The molecule has 2 rings (SSSR count). The number of amides is 1.